The van der Waals surface area contributed by atoms with E-state index in [1.54, 1.807) is 12.2 Å². The highest BCUT2D eigenvalue weighted by atomic mass is 16.7. The molecule has 0 bridgehead atoms. The lowest BCUT2D eigenvalue weighted by Crippen LogP contribution is -2.22. The molecule has 1 rings (SSSR count). The van der Waals surface area contributed by atoms with Crippen LogP contribution in [0.3, 0.4) is 0 Å². The maximum atomic E-state index is 8.69. The van der Waals surface area contributed by atoms with E-state index < -0.39 is 5.79 Å². The van der Waals surface area contributed by atoms with Crippen molar-refractivity contribution >= 4 is 0 Å². The summed E-state index contributed by atoms with van der Waals surface area (Å²) in [6, 6.07) is 0. The van der Waals surface area contributed by atoms with Crippen LogP contribution in [0.2, 0.25) is 0 Å². The smallest absolute Gasteiger partial charge is 0.163 e. The Morgan fingerprint density at radius 3 is 1.63 bits per heavy atom. The van der Waals surface area contributed by atoms with Gasteiger partial charge < -0.3 is 19.7 Å². The van der Waals surface area contributed by atoms with Gasteiger partial charge in [0.1, 0.15) is 0 Å². The largest absolute Gasteiger partial charge is 0.392 e. The van der Waals surface area contributed by atoms with Gasteiger partial charge in [0.05, 0.1) is 25.4 Å². The number of hydrogen-bond acceptors (Lipinski definition) is 4. The van der Waals surface area contributed by atoms with Crippen molar-refractivity contribution in [2.45, 2.75) is 57.5 Å². The summed E-state index contributed by atoms with van der Waals surface area (Å²) in [4.78, 5) is 0. The molecular formula is C15H26O4. The first-order valence-electron chi connectivity index (χ1n) is 6.96. The van der Waals surface area contributed by atoms with E-state index in [0.29, 0.717) is 0 Å². The molecule has 1 saturated heterocycles. The van der Waals surface area contributed by atoms with Crippen LogP contribution in [0.15, 0.2) is 24.3 Å². The molecular weight excluding hydrogens is 244 g/mol. The van der Waals surface area contributed by atoms with Gasteiger partial charge in [-0.15, -0.1) is 0 Å². The fourth-order valence-electron chi connectivity index (χ4n) is 2.30. The van der Waals surface area contributed by atoms with Gasteiger partial charge in [-0.2, -0.15) is 0 Å². The fourth-order valence-corrected chi connectivity index (χ4v) is 2.30. The molecule has 0 aliphatic carbocycles. The van der Waals surface area contributed by atoms with Gasteiger partial charge in [0.2, 0.25) is 0 Å². The van der Waals surface area contributed by atoms with Gasteiger partial charge >= 0.3 is 0 Å². The molecule has 2 N–H and O–H groups in total. The average Bonchev–Trinajstić information content (AvgIpc) is 2.65. The van der Waals surface area contributed by atoms with E-state index in [4.69, 9.17) is 19.7 Å². The summed E-state index contributed by atoms with van der Waals surface area (Å²) >= 11 is 0. The normalized spacial score (nSPS) is 26.7. The number of rotatable bonds is 8. The van der Waals surface area contributed by atoms with Crippen LogP contribution in [0.1, 0.15) is 39.5 Å². The molecule has 0 saturated carbocycles. The Balaban J connectivity index is 2.40. The SMILES string of the molecule is CC1(C)O[C@H](CC/C=C/CO)[C@@H](CC/C=C/CO)O1. The van der Waals surface area contributed by atoms with E-state index in [2.05, 4.69) is 0 Å². The van der Waals surface area contributed by atoms with Gasteiger partial charge in [0, 0.05) is 0 Å². The van der Waals surface area contributed by atoms with E-state index in [9.17, 15) is 0 Å². The number of aliphatic hydroxyl groups is 2. The Morgan fingerprint density at radius 2 is 1.26 bits per heavy atom. The quantitative estimate of drug-likeness (QED) is 0.664. The lowest BCUT2D eigenvalue weighted by Gasteiger charge is -2.16. The second-order valence-electron chi connectivity index (χ2n) is 5.18. The average molecular weight is 270 g/mol. The first kappa shape index (κ1) is 16.4. The first-order chi connectivity index (χ1) is 9.09. The standard InChI is InChI=1S/C15H26O4/c1-15(2)18-13(9-5-3-7-11-16)14(19-15)10-6-4-8-12-17/h3-4,7-8,13-14,16-17H,5-6,9-12H2,1-2H3/b7-3+,8-4+/t13-,14-/m1/s1. The molecule has 0 aromatic rings. The van der Waals surface area contributed by atoms with Crippen LogP contribution in [0.25, 0.3) is 0 Å². The van der Waals surface area contributed by atoms with Crippen molar-refractivity contribution in [2.75, 3.05) is 13.2 Å². The van der Waals surface area contributed by atoms with Crippen molar-refractivity contribution in [3.63, 3.8) is 0 Å². The number of ether oxygens (including phenoxy) is 2. The molecule has 110 valence electrons. The summed E-state index contributed by atoms with van der Waals surface area (Å²) in [5.74, 6) is -0.517. The number of aliphatic hydroxyl groups excluding tert-OH is 2. The van der Waals surface area contributed by atoms with Crippen LogP contribution in [0, 0.1) is 0 Å². The number of hydrogen-bond donors (Lipinski definition) is 2. The highest BCUT2D eigenvalue weighted by molar-refractivity contribution is 4.89. The van der Waals surface area contributed by atoms with Crippen LogP contribution in [0.5, 0.6) is 0 Å². The molecule has 0 aromatic carbocycles. The van der Waals surface area contributed by atoms with E-state index in [-0.39, 0.29) is 25.4 Å². The second-order valence-corrected chi connectivity index (χ2v) is 5.18. The molecule has 19 heavy (non-hydrogen) atoms. The first-order valence-corrected chi connectivity index (χ1v) is 6.96. The summed E-state index contributed by atoms with van der Waals surface area (Å²) in [5.41, 5.74) is 0. The van der Waals surface area contributed by atoms with Gasteiger partial charge in [-0.3, -0.25) is 0 Å². The third kappa shape index (κ3) is 6.34. The van der Waals surface area contributed by atoms with Crippen LogP contribution >= 0.6 is 0 Å². The summed E-state index contributed by atoms with van der Waals surface area (Å²) < 4.78 is 11.8. The predicted octanol–water partition coefficient (Wildman–Crippen LogP) is 2.16. The molecule has 4 heteroatoms. The van der Waals surface area contributed by atoms with Crippen LogP contribution in [0.4, 0.5) is 0 Å². The Bertz CT molecular complexity index is 269. The van der Waals surface area contributed by atoms with Crippen LogP contribution < -0.4 is 0 Å². The molecule has 0 spiro atoms. The molecule has 0 radical (unpaired) electrons. The zero-order valence-electron chi connectivity index (χ0n) is 11.9. The Kier molecular flexibility index (Phi) is 7.31. The van der Waals surface area contributed by atoms with Gasteiger partial charge in [-0.05, 0) is 39.5 Å². The molecule has 1 heterocycles. The van der Waals surface area contributed by atoms with E-state index >= 15 is 0 Å². The van der Waals surface area contributed by atoms with Crippen LogP contribution in [-0.2, 0) is 9.47 Å². The van der Waals surface area contributed by atoms with Crippen molar-refractivity contribution in [1.29, 1.82) is 0 Å². The van der Waals surface area contributed by atoms with Crippen molar-refractivity contribution in [3.8, 4) is 0 Å². The maximum Gasteiger partial charge on any atom is 0.163 e. The minimum absolute atomic E-state index is 0.0862. The molecule has 0 aromatic heterocycles. The monoisotopic (exact) mass is 270 g/mol. The van der Waals surface area contributed by atoms with Crippen LogP contribution in [-0.4, -0.2) is 41.4 Å². The molecule has 1 aliphatic heterocycles. The number of allylic oxidation sites excluding steroid dienone is 2. The Hall–Kier alpha value is -0.680. The molecule has 2 atom stereocenters. The summed E-state index contributed by atoms with van der Waals surface area (Å²) in [7, 11) is 0. The van der Waals surface area contributed by atoms with Crippen molar-refractivity contribution < 1.29 is 19.7 Å². The minimum atomic E-state index is -0.517. The fraction of sp³-hybridized carbons (Fsp3) is 0.733. The topological polar surface area (TPSA) is 58.9 Å². The van der Waals surface area contributed by atoms with E-state index in [1.165, 1.54) is 0 Å². The summed E-state index contributed by atoms with van der Waals surface area (Å²) in [6.07, 6.45) is 11.2. The molecule has 1 fully saturated rings. The minimum Gasteiger partial charge on any atom is -0.392 e. The van der Waals surface area contributed by atoms with Crippen molar-refractivity contribution in [3.05, 3.63) is 24.3 Å². The molecule has 0 unspecified atom stereocenters. The van der Waals surface area contributed by atoms with Gasteiger partial charge in [-0.1, -0.05) is 24.3 Å². The second kappa shape index (κ2) is 8.48. The third-order valence-corrected chi connectivity index (χ3v) is 3.06. The van der Waals surface area contributed by atoms with Crippen molar-refractivity contribution in [2.24, 2.45) is 0 Å². The Morgan fingerprint density at radius 1 is 0.842 bits per heavy atom. The third-order valence-electron chi connectivity index (χ3n) is 3.06. The molecule has 0 amide bonds. The van der Waals surface area contributed by atoms with E-state index in [0.717, 1.165) is 25.7 Å². The maximum absolute atomic E-state index is 8.69. The summed E-state index contributed by atoms with van der Waals surface area (Å²) in [5, 5.41) is 17.4. The van der Waals surface area contributed by atoms with Gasteiger partial charge in [0.25, 0.3) is 0 Å². The predicted molar refractivity (Wildman–Crippen MR) is 74.7 cm³/mol. The summed E-state index contributed by atoms with van der Waals surface area (Å²) in [6.45, 7) is 4.05. The zero-order valence-corrected chi connectivity index (χ0v) is 11.9. The Labute approximate surface area is 115 Å². The highest BCUT2D eigenvalue weighted by Gasteiger charge is 2.39. The molecule has 1 aliphatic rings. The zero-order chi connectivity index (χ0) is 14.1. The molecule has 4 nitrogen and oxygen atoms in total. The highest BCUT2D eigenvalue weighted by Crippen LogP contribution is 2.32. The van der Waals surface area contributed by atoms with Gasteiger partial charge in [-0.25, -0.2) is 0 Å². The lowest BCUT2D eigenvalue weighted by atomic mass is 10.0. The van der Waals surface area contributed by atoms with E-state index in [1.807, 2.05) is 26.0 Å². The van der Waals surface area contributed by atoms with Crippen molar-refractivity contribution in [1.82, 2.24) is 0 Å². The lowest BCUT2D eigenvalue weighted by molar-refractivity contribution is -0.147. The van der Waals surface area contributed by atoms with Gasteiger partial charge in [0.15, 0.2) is 5.79 Å².